The number of nitrogens with zero attached hydrogens (tertiary/aromatic N) is 5. The molecule has 1 amide bonds. The largest absolute Gasteiger partial charge is 0.497 e. The van der Waals surface area contributed by atoms with Gasteiger partial charge in [0.15, 0.2) is 0 Å². The Morgan fingerprint density at radius 2 is 1.94 bits per heavy atom. The van der Waals surface area contributed by atoms with E-state index in [0.717, 1.165) is 11.3 Å². The van der Waals surface area contributed by atoms with Gasteiger partial charge in [-0.05, 0) is 30.5 Å². The number of aromatic amines is 1. The number of hydrogen-bond acceptors (Lipinski definition) is 10. The fraction of sp³-hybridized carbons (Fsp3) is 0.450. The van der Waals surface area contributed by atoms with Crippen LogP contribution < -0.4 is 14.8 Å². The molecule has 12 heteroatoms. The van der Waals surface area contributed by atoms with Crippen molar-refractivity contribution in [3.8, 4) is 11.5 Å². The summed E-state index contributed by atoms with van der Waals surface area (Å²) in [5, 5.41) is 21.3. The number of piperidine rings is 1. The molecule has 1 saturated heterocycles. The zero-order valence-corrected chi connectivity index (χ0v) is 17.9. The molecule has 32 heavy (non-hydrogen) atoms. The Labute approximate surface area is 184 Å². The van der Waals surface area contributed by atoms with Crippen LogP contribution in [0, 0.1) is 0 Å². The highest BCUT2D eigenvalue weighted by Crippen LogP contribution is 2.28. The number of carbonyl (C=O) groups excluding carboxylic acids is 1. The van der Waals surface area contributed by atoms with Gasteiger partial charge in [-0.3, -0.25) is 5.10 Å². The minimum atomic E-state index is -0.355. The smallest absolute Gasteiger partial charge is 0.410 e. The third-order valence-corrected chi connectivity index (χ3v) is 5.21. The van der Waals surface area contributed by atoms with E-state index in [2.05, 4.69) is 30.9 Å². The Balaban J connectivity index is 1.24. The lowest BCUT2D eigenvalue weighted by Gasteiger charge is -2.29. The van der Waals surface area contributed by atoms with E-state index in [4.69, 9.17) is 18.6 Å². The molecule has 0 unspecified atom stereocenters. The summed E-state index contributed by atoms with van der Waals surface area (Å²) in [6.07, 6.45) is 2.69. The van der Waals surface area contributed by atoms with Gasteiger partial charge >= 0.3 is 12.1 Å². The van der Waals surface area contributed by atoms with Crippen molar-refractivity contribution >= 4 is 12.1 Å². The molecule has 1 aliphatic heterocycles. The van der Waals surface area contributed by atoms with E-state index in [9.17, 15) is 4.79 Å². The molecule has 2 N–H and O–H groups in total. The first-order valence-electron chi connectivity index (χ1n) is 10.2. The molecule has 3 aromatic rings. The molecule has 0 bridgehead atoms. The zero-order valence-electron chi connectivity index (χ0n) is 17.9. The lowest BCUT2D eigenvalue weighted by atomic mass is 9.97. The summed E-state index contributed by atoms with van der Waals surface area (Å²) in [5.74, 6) is 1.95. The van der Waals surface area contributed by atoms with Crippen LogP contribution in [0.1, 0.15) is 35.9 Å². The molecule has 0 aliphatic carbocycles. The number of rotatable bonds is 8. The summed E-state index contributed by atoms with van der Waals surface area (Å²) in [6.45, 7) is 1.70. The average molecular weight is 443 g/mol. The van der Waals surface area contributed by atoms with Gasteiger partial charge in [0.2, 0.25) is 5.89 Å². The standard InChI is InChI=1S/C20H25N7O5/c1-29-16-7-13(8-17(9-16)30-2)12-31-20(28)27-5-3-14(4-6-27)18-24-25-19(32-18)21-10-15-11-22-26-23-15/h7-9,11,14H,3-6,10,12H2,1-2H3,(H,21,25)(H,22,23,26). The summed E-state index contributed by atoms with van der Waals surface area (Å²) in [5.41, 5.74) is 1.60. The minimum absolute atomic E-state index is 0.0959. The van der Waals surface area contributed by atoms with Gasteiger partial charge in [0.25, 0.3) is 0 Å². The van der Waals surface area contributed by atoms with E-state index in [1.54, 1.807) is 31.4 Å². The number of nitrogens with one attached hydrogen (secondary N) is 2. The van der Waals surface area contributed by atoms with Gasteiger partial charge < -0.3 is 28.8 Å². The van der Waals surface area contributed by atoms with Crippen molar-refractivity contribution in [2.45, 2.75) is 31.9 Å². The number of amides is 1. The quantitative estimate of drug-likeness (QED) is 0.533. The van der Waals surface area contributed by atoms with Gasteiger partial charge in [-0.25, -0.2) is 4.79 Å². The number of H-pyrrole nitrogens is 1. The Morgan fingerprint density at radius 1 is 1.19 bits per heavy atom. The predicted octanol–water partition coefficient (Wildman–Crippen LogP) is 2.33. The highest BCUT2D eigenvalue weighted by molar-refractivity contribution is 5.67. The molecule has 0 radical (unpaired) electrons. The fourth-order valence-electron chi connectivity index (χ4n) is 3.44. The Hall–Kier alpha value is -3.83. The highest BCUT2D eigenvalue weighted by Gasteiger charge is 2.28. The molecule has 12 nitrogen and oxygen atoms in total. The van der Waals surface area contributed by atoms with Gasteiger partial charge in [0.1, 0.15) is 18.1 Å². The Bertz CT molecular complexity index is 993. The van der Waals surface area contributed by atoms with Gasteiger partial charge in [-0.15, -0.1) is 10.2 Å². The van der Waals surface area contributed by atoms with Crippen molar-refractivity contribution in [1.82, 2.24) is 30.5 Å². The fourth-order valence-corrected chi connectivity index (χ4v) is 3.44. The van der Waals surface area contributed by atoms with Crippen molar-refractivity contribution < 1.29 is 23.4 Å². The molecular formula is C20H25N7O5. The SMILES string of the molecule is COc1cc(COC(=O)N2CCC(c3nnc(NCc4cnn[nH]4)o3)CC2)cc(OC)c1. The summed E-state index contributed by atoms with van der Waals surface area (Å²) < 4.78 is 21.7. The number of anilines is 1. The van der Waals surface area contributed by atoms with Crippen molar-refractivity contribution in [2.24, 2.45) is 0 Å². The Kier molecular flexibility index (Phi) is 6.68. The van der Waals surface area contributed by atoms with Crippen LogP contribution >= 0.6 is 0 Å². The monoisotopic (exact) mass is 443 g/mol. The zero-order chi connectivity index (χ0) is 22.3. The first-order valence-corrected chi connectivity index (χ1v) is 10.2. The number of ether oxygens (including phenoxy) is 3. The molecule has 3 heterocycles. The van der Waals surface area contributed by atoms with Crippen molar-refractivity contribution in [3.05, 3.63) is 41.5 Å². The van der Waals surface area contributed by atoms with Gasteiger partial charge in [0, 0.05) is 25.1 Å². The van der Waals surface area contributed by atoms with E-state index in [-0.39, 0.29) is 18.6 Å². The van der Waals surface area contributed by atoms with Crippen LogP contribution in [-0.2, 0) is 17.9 Å². The first-order chi connectivity index (χ1) is 15.6. The van der Waals surface area contributed by atoms with Crippen LogP contribution in [0.15, 0.2) is 28.8 Å². The second-order valence-electron chi connectivity index (χ2n) is 7.32. The van der Waals surface area contributed by atoms with Gasteiger partial charge in [0.05, 0.1) is 32.7 Å². The molecule has 0 saturated carbocycles. The number of benzene rings is 1. The molecule has 170 valence electrons. The van der Waals surface area contributed by atoms with Crippen LogP contribution in [0.2, 0.25) is 0 Å². The molecule has 1 aromatic carbocycles. The van der Waals surface area contributed by atoms with Crippen molar-refractivity contribution in [3.63, 3.8) is 0 Å². The normalized spacial score (nSPS) is 14.2. The lowest BCUT2D eigenvalue weighted by Crippen LogP contribution is -2.38. The summed E-state index contributed by atoms with van der Waals surface area (Å²) in [4.78, 5) is 14.2. The topological polar surface area (TPSA) is 141 Å². The number of hydrogen-bond donors (Lipinski definition) is 2. The van der Waals surface area contributed by atoms with Gasteiger partial charge in [-0.2, -0.15) is 0 Å². The minimum Gasteiger partial charge on any atom is -0.497 e. The molecule has 1 aliphatic rings. The maximum absolute atomic E-state index is 12.5. The molecule has 1 fully saturated rings. The third-order valence-electron chi connectivity index (χ3n) is 5.21. The number of likely N-dealkylation sites (tertiary alicyclic amines) is 1. The second-order valence-corrected chi connectivity index (χ2v) is 7.32. The van der Waals surface area contributed by atoms with Crippen LogP contribution in [0.4, 0.5) is 10.8 Å². The molecule has 0 spiro atoms. The lowest BCUT2D eigenvalue weighted by molar-refractivity contribution is 0.0855. The molecular weight excluding hydrogens is 418 g/mol. The molecule has 2 aromatic heterocycles. The summed E-state index contributed by atoms with van der Waals surface area (Å²) >= 11 is 0. The van der Waals surface area contributed by atoms with E-state index in [1.807, 2.05) is 12.1 Å². The molecule has 0 atom stereocenters. The van der Waals surface area contributed by atoms with E-state index in [0.29, 0.717) is 55.9 Å². The predicted molar refractivity (Wildman–Crippen MR) is 111 cm³/mol. The highest BCUT2D eigenvalue weighted by atomic mass is 16.6. The third kappa shape index (κ3) is 5.25. The van der Waals surface area contributed by atoms with Crippen molar-refractivity contribution in [1.29, 1.82) is 0 Å². The summed E-state index contributed by atoms with van der Waals surface area (Å²) in [7, 11) is 3.15. The van der Waals surface area contributed by atoms with Crippen LogP contribution in [0.3, 0.4) is 0 Å². The van der Waals surface area contributed by atoms with Crippen LogP contribution in [0.5, 0.6) is 11.5 Å². The first kappa shape index (κ1) is 21.4. The van der Waals surface area contributed by atoms with Crippen molar-refractivity contribution in [2.75, 3.05) is 32.6 Å². The Morgan fingerprint density at radius 3 is 2.59 bits per heavy atom. The van der Waals surface area contributed by atoms with E-state index in [1.165, 1.54) is 0 Å². The van der Waals surface area contributed by atoms with Crippen LogP contribution in [-0.4, -0.2) is 63.9 Å². The summed E-state index contributed by atoms with van der Waals surface area (Å²) in [6, 6.07) is 5.73. The maximum Gasteiger partial charge on any atom is 0.410 e. The second kappa shape index (κ2) is 9.98. The van der Waals surface area contributed by atoms with E-state index >= 15 is 0 Å². The van der Waals surface area contributed by atoms with Gasteiger partial charge in [-0.1, -0.05) is 10.3 Å². The molecule has 4 rings (SSSR count). The van der Waals surface area contributed by atoms with Crippen LogP contribution in [0.25, 0.3) is 0 Å². The van der Waals surface area contributed by atoms with E-state index < -0.39 is 0 Å². The maximum atomic E-state index is 12.5. The number of aromatic nitrogens is 5. The number of carbonyl (C=O) groups is 1. The number of methoxy groups -OCH3 is 2. The average Bonchev–Trinajstić information content (AvgIpc) is 3.53.